The molecule has 1 aliphatic rings. The molecular weight excluding hydrogens is 260 g/mol. The number of hydrogen-bond acceptors (Lipinski definition) is 4. The topological polar surface area (TPSA) is 53.4 Å². The van der Waals surface area contributed by atoms with Gasteiger partial charge in [0.25, 0.3) is 0 Å². The van der Waals surface area contributed by atoms with Crippen molar-refractivity contribution in [1.29, 1.82) is 0 Å². The molecule has 2 rings (SSSR count). The van der Waals surface area contributed by atoms with Gasteiger partial charge >= 0.3 is 5.97 Å². The highest BCUT2D eigenvalue weighted by atomic mass is 32.1. The Morgan fingerprint density at radius 3 is 2.74 bits per heavy atom. The summed E-state index contributed by atoms with van der Waals surface area (Å²) in [5, 5.41) is 12.0. The summed E-state index contributed by atoms with van der Waals surface area (Å²) < 4.78 is 0. The van der Waals surface area contributed by atoms with Crippen molar-refractivity contribution < 1.29 is 9.90 Å². The largest absolute Gasteiger partial charge is 0.481 e. The summed E-state index contributed by atoms with van der Waals surface area (Å²) in [4.78, 5) is 17.9. The van der Waals surface area contributed by atoms with Crippen LogP contribution in [0.2, 0.25) is 0 Å². The number of anilines is 1. The van der Waals surface area contributed by atoms with E-state index in [9.17, 15) is 9.90 Å². The number of aromatic nitrogens is 1. The molecular formula is C14H22N2O2S. The zero-order chi connectivity index (χ0) is 14.0. The Morgan fingerprint density at radius 2 is 2.16 bits per heavy atom. The van der Waals surface area contributed by atoms with Crippen LogP contribution in [0.1, 0.15) is 45.2 Å². The molecule has 0 radical (unpaired) electrons. The molecule has 1 saturated carbocycles. The maximum absolute atomic E-state index is 11.2. The van der Waals surface area contributed by atoms with Gasteiger partial charge in [0, 0.05) is 19.0 Å². The first-order chi connectivity index (χ1) is 8.91. The van der Waals surface area contributed by atoms with Crippen LogP contribution in [0.25, 0.3) is 0 Å². The molecule has 4 nitrogen and oxygen atoms in total. The fourth-order valence-electron chi connectivity index (χ4n) is 2.49. The van der Waals surface area contributed by atoms with Crippen molar-refractivity contribution in [2.75, 3.05) is 18.5 Å². The third-order valence-corrected chi connectivity index (χ3v) is 4.96. The molecule has 1 heterocycles. The molecule has 1 aromatic rings. The van der Waals surface area contributed by atoms with Crippen LogP contribution in [-0.4, -0.2) is 29.7 Å². The molecule has 1 aromatic heterocycles. The lowest BCUT2D eigenvalue weighted by atomic mass is 9.90. The average Bonchev–Trinajstić information content (AvgIpc) is 2.98. The van der Waals surface area contributed by atoms with Gasteiger partial charge in [0.05, 0.1) is 5.69 Å². The quantitative estimate of drug-likeness (QED) is 0.901. The zero-order valence-corrected chi connectivity index (χ0v) is 12.7. The van der Waals surface area contributed by atoms with Gasteiger partial charge in [-0.15, -0.1) is 11.3 Å². The minimum atomic E-state index is -0.914. The average molecular weight is 282 g/mol. The van der Waals surface area contributed by atoms with Crippen molar-refractivity contribution in [1.82, 2.24) is 4.98 Å². The number of nitrogens with zero attached hydrogens (tertiary/aromatic N) is 2. The van der Waals surface area contributed by atoms with Crippen LogP contribution in [0.15, 0.2) is 5.38 Å². The Labute approximate surface area is 118 Å². The fraction of sp³-hybridized carbons (Fsp3) is 0.714. The van der Waals surface area contributed by atoms with Gasteiger partial charge < -0.3 is 10.0 Å². The highest BCUT2D eigenvalue weighted by Crippen LogP contribution is 2.31. The van der Waals surface area contributed by atoms with Crippen molar-refractivity contribution in [3.05, 3.63) is 11.1 Å². The SMILES string of the molecule is CN(CC1CCCC1)c1nc(C(C)(C)C(=O)O)cs1. The second kappa shape index (κ2) is 5.49. The fourth-order valence-corrected chi connectivity index (χ4v) is 3.46. The van der Waals surface area contributed by atoms with Gasteiger partial charge in [-0.3, -0.25) is 4.79 Å². The van der Waals surface area contributed by atoms with Crippen LogP contribution < -0.4 is 4.90 Å². The first-order valence-electron chi connectivity index (χ1n) is 6.82. The first kappa shape index (κ1) is 14.3. The van der Waals surface area contributed by atoms with Crippen molar-refractivity contribution >= 4 is 22.4 Å². The van der Waals surface area contributed by atoms with E-state index in [-0.39, 0.29) is 0 Å². The lowest BCUT2D eigenvalue weighted by molar-refractivity contribution is -0.142. The molecule has 0 aliphatic heterocycles. The smallest absolute Gasteiger partial charge is 0.315 e. The van der Waals surface area contributed by atoms with Gasteiger partial charge in [-0.2, -0.15) is 0 Å². The monoisotopic (exact) mass is 282 g/mol. The molecule has 1 N–H and O–H groups in total. The number of aliphatic carboxylic acids is 1. The molecule has 0 aromatic carbocycles. The third-order valence-electron chi connectivity index (χ3n) is 4.00. The van der Waals surface area contributed by atoms with Gasteiger partial charge in [-0.1, -0.05) is 12.8 Å². The maximum atomic E-state index is 11.2. The number of hydrogen-bond donors (Lipinski definition) is 1. The van der Waals surface area contributed by atoms with Crippen LogP contribution in [-0.2, 0) is 10.2 Å². The van der Waals surface area contributed by atoms with Crippen LogP contribution in [0.3, 0.4) is 0 Å². The number of carboxylic acids is 1. The predicted octanol–water partition coefficient (Wildman–Crippen LogP) is 3.13. The molecule has 0 saturated heterocycles. The molecule has 5 heteroatoms. The Morgan fingerprint density at radius 1 is 1.53 bits per heavy atom. The van der Waals surface area contributed by atoms with E-state index in [0.29, 0.717) is 5.69 Å². The zero-order valence-electron chi connectivity index (χ0n) is 11.8. The van der Waals surface area contributed by atoms with E-state index >= 15 is 0 Å². The molecule has 1 fully saturated rings. The minimum absolute atomic E-state index is 0.651. The van der Waals surface area contributed by atoms with Gasteiger partial charge in [-0.05, 0) is 32.6 Å². The van der Waals surface area contributed by atoms with Gasteiger partial charge in [0.2, 0.25) is 0 Å². The van der Waals surface area contributed by atoms with E-state index in [0.717, 1.165) is 17.6 Å². The number of carboxylic acid groups (broad SMARTS) is 1. The minimum Gasteiger partial charge on any atom is -0.481 e. The third kappa shape index (κ3) is 3.08. The summed E-state index contributed by atoms with van der Waals surface area (Å²) >= 11 is 1.54. The van der Waals surface area contributed by atoms with E-state index in [4.69, 9.17) is 0 Å². The molecule has 0 bridgehead atoms. The van der Waals surface area contributed by atoms with Gasteiger partial charge in [-0.25, -0.2) is 4.98 Å². The Kier molecular flexibility index (Phi) is 4.13. The number of rotatable bonds is 5. The maximum Gasteiger partial charge on any atom is 0.315 e. The van der Waals surface area contributed by atoms with E-state index in [1.165, 1.54) is 37.0 Å². The molecule has 0 atom stereocenters. The number of carbonyl (C=O) groups is 1. The van der Waals surface area contributed by atoms with Crippen LogP contribution in [0.4, 0.5) is 5.13 Å². The van der Waals surface area contributed by atoms with Crippen molar-refractivity contribution in [3.8, 4) is 0 Å². The van der Waals surface area contributed by atoms with Gasteiger partial charge in [0.1, 0.15) is 5.41 Å². The second-order valence-electron chi connectivity index (χ2n) is 5.98. The molecule has 0 unspecified atom stereocenters. The van der Waals surface area contributed by atoms with E-state index in [2.05, 4.69) is 16.9 Å². The highest BCUT2D eigenvalue weighted by molar-refractivity contribution is 7.13. The molecule has 1 aliphatic carbocycles. The van der Waals surface area contributed by atoms with E-state index in [1.54, 1.807) is 13.8 Å². The van der Waals surface area contributed by atoms with Gasteiger partial charge in [0.15, 0.2) is 5.13 Å². The van der Waals surface area contributed by atoms with Crippen molar-refractivity contribution in [3.63, 3.8) is 0 Å². The first-order valence-corrected chi connectivity index (χ1v) is 7.69. The summed E-state index contributed by atoms with van der Waals surface area (Å²) in [7, 11) is 2.05. The van der Waals surface area contributed by atoms with Crippen LogP contribution in [0.5, 0.6) is 0 Å². The molecule has 106 valence electrons. The van der Waals surface area contributed by atoms with Crippen LogP contribution in [0, 0.1) is 5.92 Å². The summed E-state index contributed by atoms with van der Waals surface area (Å²) in [6.07, 6.45) is 5.30. The number of thiazole rings is 1. The summed E-state index contributed by atoms with van der Waals surface area (Å²) in [6, 6.07) is 0. The molecule has 0 spiro atoms. The highest BCUT2D eigenvalue weighted by Gasteiger charge is 2.32. The Hall–Kier alpha value is -1.10. The Bertz CT molecular complexity index is 450. The predicted molar refractivity (Wildman–Crippen MR) is 78.0 cm³/mol. The van der Waals surface area contributed by atoms with Crippen molar-refractivity contribution in [2.24, 2.45) is 5.92 Å². The lowest BCUT2D eigenvalue weighted by Crippen LogP contribution is -2.29. The second-order valence-corrected chi connectivity index (χ2v) is 6.81. The molecule has 0 amide bonds. The van der Waals surface area contributed by atoms with E-state index in [1.807, 2.05) is 5.38 Å². The summed E-state index contributed by atoms with van der Waals surface area (Å²) in [5.74, 6) is -0.0624. The summed E-state index contributed by atoms with van der Waals surface area (Å²) in [6.45, 7) is 4.43. The summed E-state index contributed by atoms with van der Waals surface area (Å²) in [5.41, 5.74) is -0.263. The molecule has 19 heavy (non-hydrogen) atoms. The lowest BCUT2D eigenvalue weighted by Gasteiger charge is -2.20. The standard InChI is InChI=1S/C14H22N2O2S/c1-14(2,12(17)18)11-9-19-13(15-11)16(3)8-10-6-4-5-7-10/h9-10H,4-8H2,1-3H3,(H,17,18). The normalized spacial score (nSPS) is 16.8. The van der Waals surface area contributed by atoms with Crippen molar-refractivity contribution in [2.45, 2.75) is 44.9 Å². The Balaban J connectivity index is 2.05. The van der Waals surface area contributed by atoms with Crippen LogP contribution >= 0.6 is 11.3 Å². The van der Waals surface area contributed by atoms with E-state index < -0.39 is 11.4 Å².